The zero-order valence-electron chi connectivity index (χ0n) is 5.94. The monoisotopic (exact) mass is 152 g/mol. The third-order valence-corrected chi connectivity index (χ3v) is 1.21. The second-order valence-electron chi connectivity index (χ2n) is 2.06. The Morgan fingerprint density at radius 2 is 1.11 bits per heavy atom. The van der Waals surface area contributed by atoms with Gasteiger partial charge in [0.2, 0.25) is 0 Å². The molecule has 0 spiro atoms. The molecule has 0 N–H and O–H groups in total. The minimum absolute atomic E-state index is 0. The van der Waals surface area contributed by atoms with Crippen molar-refractivity contribution in [2.45, 2.75) is 53.4 Å². The molecule has 0 nitrogen and oxygen atoms in total. The normalized spacial score (nSPS) is 7.33. The summed E-state index contributed by atoms with van der Waals surface area (Å²) in [6, 6.07) is 0. The smallest absolute Gasteiger partial charge is 0.0533 e. The van der Waals surface area contributed by atoms with E-state index in [-0.39, 0.29) is 19.8 Å². The lowest BCUT2D eigenvalue weighted by atomic mass is 10.2. The molecule has 0 rings (SSSR count). The van der Waals surface area contributed by atoms with Crippen LogP contribution in [0.4, 0.5) is 0 Å². The zero-order valence-corrected chi connectivity index (χ0v) is 6.76. The highest BCUT2D eigenvalue weighted by Crippen LogP contribution is 2.00. The molecule has 0 atom stereocenters. The van der Waals surface area contributed by atoms with E-state index in [1.54, 1.807) is 0 Å². The number of unbranched alkanes of at least 4 members (excludes halogenated alkanes) is 4. The van der Waals surface area contributed by atoms with Gasteiger partial charge in [-0.15, -0.1) is 12.4 Å². The molecule has 0 fully saturated rings. The van der Waals surface area contributed by atoms with Crippen LogP contribution < -0.4 is 0 Å². The fourth-order valence-corrected chi connectivity index (χ4v) is 0.677. The Bertz CT molecular complexity index is 23.7. The molecule has 0 aromatic rings. The van der Waals surface area contributed by atoms with Crippen molar-refractivity contribution in [3.05, 3.63) is 0 Å². The van der Waals surface area contributed by atoms with Gasteiger partial charge in [0.05, 0.1) is 0 Å². The standard InChI is InChI=1S/C7H16.CH4.ClH/c1-3-5-7-6-4-2;;/h3-7H2,1-2H3;1H4;1H. The molecule has 0 aliphatic carbocycles. The Balaban J connectivity index is -0.000000180. The molecule has 9 heavy (non-hydrogen) atoms. The molecule has 0 aromatic heterocycles. The van der Waals surface area contributed by atoms with Crippen molar-refractivity contribution in [1.29, 1.82) is 0 Å². The molecule has 1 heteroatoms. The van der Waals surface area contributed by atoms with Crippen LogP contribution in [0.5, 0.6) is 0 Å². The Labute approximate surface area is 66.5 Å². The predicted octanol–water partition coefficient (Wildman–Crippen LogP) is 4.03. The minimum atomic E-state index is 0. The van der Waals surface area contributed by atoms with E-state index in [1.807, 2.05) is 0 Å². The van der Waals surface area contributed by atoms with Crippen molar-refractivity contribution in [2.24, 2.45) is 0 Å². The minimum Gasteiger partial charge on any atom is -0.147 e. The molecule has 60 valence electrons. The molecule has 0 bridgehead atoms. The van der Waals surface area contributed by atoms with Gasteiger partial charge in [-0.1, -0.05) is 53.4 Å². The maximum absolute atomic E-state index is 2.25. The van der Waals surface area contributed by atoms with E-state index >= 15 is 0 Å². The lowest BCUT2D eigenvalue weighted by Crippen LogP contribution is -1.70. The first-order valence-electron chi connectivity index (χ1n) is 3.41. The third-order valence-electron chi connectivity index (χ3n) is 1.21. The average Bonchev–Trinajstić information content (AvgIpc) is 1.69. The fraction of sp³-hybridized carbons (Fsp3) is 1.00. The largest absolute Gasteiger partial charge is 0.147 e. The number of halogens is 1. The van der Waals surface area contributed by atoms with Gasteiger partial charge in [0, 0.05) is 0 Å². The highest BCUT2D eigenvalue weighted by Gasteiger charge is 1.80. The fourth-order valence-electron chi connectivity index (χ4n) is 0.677. The molecular formula is C8H21Cl. The van der Waals surface area contributed by atoms with E-state index in [0.29, 0.717) is 0 Å². The van der Waals surface area contributed by atoms with Crippen molar-refractivity contribution in [3.63, 3.8) is 0 Å². The van der Waals surface area contributed by atoms with Gasteiger partial charge < -0.3 is 0 Å². The molecule has 0 amide bonds. The maximum Gasteiger partial charge on any atom is -0.0533 e. The van der Waals surface area contributed by atoms with Crippen LogP contribution in [0, 0.1) is 0 Å². The lowest BCUT2D eigenvalue weighted by Gasteiger charge is -1.90. The van der Waals surface area contributed by atoms with Crippen LogP contribution >= 0.6 is 12.4 Å². The molecule has 0 radical (unpaired) electrons. The van der Waals surface area contributed by atoms with Gasteiger partial charge in [0.15, 0.2) is 0 Å². The highest BCUT2D eigenvalue weighted by molar-refractivity contribution is 5.85. The number of hydrogen-bond donors (Lipinski definition) is 0. The molecule has 0 aromatic carbocycles. The van der Waals surface area contributed by atoms with Crippen LogP contribution in [0.3, 0.4) is 0 Å². The second-order valence-corrected chi connectivity index (χ2v) is 2.06. The van der Waals surface area contributed by atoms with Gasteiger partial charge >= 0.3 is 0 Å². The van der Waals surface area contributed by atoms with Crippen LogP contribution in [-0.2, 0) is 0 Å². The van der Waals surface area contributed by atoms with Gasteiger partial charge in [-0.05, 0) is 0 Å². The molecule has 0 aliphatic heterocycles. The van der Waals surface area contributed by atoms with E-state index in [9.17, 15) is 0 Å². The highest BCUT2D eigenvalue weighted by atomic mass is 35.5. The summed E-state index contributed by atoms with van der Waals surface area (Å²) in [5.41, 5.74) is 0. The quantitative estimate of drug-likeness (QED) is 0.534. The van der Waals surface area contributed by atoms with Gasteiger partial charge in [0.1, 0.15) is 0 Å². The van der Waals surface area contributed by atoms with Gasteiger partial charge in [-0.3, -0.25) is 0 Å². The van der Waals surface area contributed by atoms with Crippen LogP contribution in [0.25, 0.3) is 0 Å². The van der Waals surface area contributed by atoms with E-state index in [1.165, 1.54) is 32.1 Å². The maximum atomic E-state index is 2.25. The lowest BCUT2D eigenvalue weighted by molar-refractivity contribution is 0.656. The SMILES string of the molecule is C.CCCCCCC.Cl. The van der Waals surface area contributed by atoms with Crippen molar-refractivity contribution in [2.75, 3.05) is 0 Å². The first-order chi connectivity index (χ1) is 3.41. The van der Waals surface area contributed by atoms with Crippen LogP contribution in [0.15, 0.2) is 0 Å². The molecule has 0 aliphatic rings. The summed E-state index contributed by atoms with van der Waals surface area (Å²) >= 11 is 0. The summed E-state index contributed by atoms with van der Waals surface area (Å²) in [5.74, 6) is 0. The Hall–Kier alpha value is 0.290. The summed E-state index contributed by atoms with van der Waals surface area (Å²) in [4.78, 5) is 0. The van der Waals surface area contributed by atoms with Gasteiger partial charge in [0.25, 0.3) is 0 Å². The van der Waals surface area contributed by atoms with Crippen molar-refractivity contribution in [3.8, 4) is 0 Å². The summed E-state index contributed by atoms with van der Waals surface area (Å²) in [6.45, 7) is 4.49. The molecule has 0 heterocycles. The Morgan fingerprint density at radius 3 is 1.33 bits per heavy atom. The number of rotatable bonds is 4. The predicted molar refractivity (Wildman–Crippen MR) is 48.4 cm³/mol. The van der Waals surface area contributed by atoms with Crippen LogP contribution in [-0.4, -0.2) is 0 Å². The summed E-state index contributed by atoms with van der Waals surface area (Å²) < 4.78 is 0. The molecule has 0 saturated carbocycles. The molecular weight excluding hydrogens is 132 g/mol. The number of hydrogen-bond acceptors (Lipinski definition) is 0. The topological polar surface area (TPSA) is 0 Å². The summed E-state index contributed by atoms with van der Waals surface area (Å²) in [6.07, 6.45) is 7.01. The zero-order chi connectivity index (χ0) is 5.54. The summed E-state index contributed by atoms with van der Waals surface area (Å²) in [5, 5.41) is 0. The first-order valence-corrected chi connectivity index (χ1v) is 3.41. The van der Waals surface area contributed by atoms with E-state index in [2.05, 4.69) is 13.8 Å². The summed E-state index contributed by atoms with van der Waals surface area (Å²) in [7, 11) is 0. The Kier molecular flexibility index (Phi) is 28.2. The molecule has 0 unspecified atom stereocenters. The Morgan fingerprint density at radius 1 is 0.778 bits per heavy atom. The van der Waals surface area contributed by atoms with Crippen molar-refractivity contribution < 1.29 is 0 Å². The van der Waals surface area contributed by atoms with Crippen molar-refractivity contribution in [1.82, 2.24) is 0 Å². The average molecular weight is 153 g/mol. The first kappa shape index (κ1) is 16.1. The van der Waals surface area contributed by atoms with E-state index < -0.39 is 0 Å². The third kappa shape index (κ3) is 17.8. The van der Waals surface area contributed by atoms with Gasteiger partial charge in [-0.2, -0.15) is 0 Å². The second kappa shape index (κ2) is 15.7. The van der Waals surface area contributed by atoms with Crippen LogP contribution in [0.1, 0.15) is 53.4 Å². The van der Waals surface area contributed by atoms with Crippen molar-refractivity contribution >= 4 is 12.4 Å². The van der Waals surface area contributed by atoms with Crippen LogP contribution in [0.2, 0.25) is 0 Å². The van der Waals surface area contributed by atoms with E-state index in [4.69, 9.17) is 0 Å². The van der Waals surface area contributed by atoms with E-state index in [0.717, 1.165) is 0 Å². The molecule has 0 saturated heterocycles. The van der Waals surface area contributed by atoms with Gasteiger partial charge in [-0.25, -0.2) is 0 Å².